The Balaban J connectivity index is 3.01. The molecule has 0 atom stereocenters. The summed E-state index contributed by atoms with van der Waals surface area (Å²) >= 11 is 0. The van der Waals surface area contributed by atoms with Gasteiger partial charge < -0.3 is 10.6 Å². The number of nitrogens with zero attached hydrogens (tertiary/aromatic N) is 2. The minimum atomic E-state index is -4.91. The van der Waals surface area contributed by atoms with Crippen molar-refractivity contribution in [3.63, 3.8) is 0 Å². The first-order valence-corrected chi connectivity index (χ1v) is 3.88. The number of carbonyl (C=O) groups is 1. The van der Waals surface area contributed by atoms with Crippen molar-refractivity contribution in [1.82, 2.24) is 4.98 Å². The number of nitrogens with two attached hydrogens (primary N) is 1. The van der Waals surface area contributed by atoms with Crippen LogP contribution in [0.4, 0.5) is 24.5 Å². The number of halogens is 3. The highest BCUT2D eigenvalue weighted by atomic mass is 19.4. The van der Waals surface area contributed by atoms with Crippen LogP contribution < -0.4 is 10.6 Å². The van der Waals surface area contributed by atoms with E-state index in [1.807, 2.05) is 0 Å². The fourth-order valence-corrected chi connectivity index (χ4v) is 1.00. The molecule has 0 aliphatic rings. The first-order valence-electron chi connectivity index (χ1n) is 3.88. The van der Waals surface area contributed by atoms with Crippen molar-refractivity contribution in [1.29, 1.82) is 0 Å². The van der Waals surface area contributed by atoms with E-state index in [4.69, 9.17) is 5.73 Å². The second-order valence-electron chi connectivity index (χ2n) is 2.80. The summed E-state index contributed by atoms with van der Waals surface area (Å²) in [6.07, 6.45) is -2.48. The number of hydrogen-bond acceptors (Lipinski definition) is 3. The van der Waals surface area contributed by atoms with Crippen LogP contribution in [0.2, 0.25) is 0 Å². The van der Waals surface area contributed by atoms with E-state index < -0.39 is 12.1 Å². The molecule has 15 heavy (non-hydrogen) atoms. The van der Waals surface area contributed by atoms with Gasteiger partial charge in [-0.1, -0.05) is 0 Å². The van der Waals surface area contributed by atoms with E-state index in [0.717, 1.165) is 7.05 Å². The third-order valence-electron chi connectivity index (χ3n) is 1.74. The Bertz CT molecular complexity index is 378. The van der Waals surface area contributed by atoms with Gasteiger partial charge in [-0.05, 0) is 6.07 Å². The lowest BCUT2D eigenvalue weighted by atomic mass is 10.3. The normalized spacial score (nSPS) is 11.2. The van der Waals surface area contributed by atoms with E-state index in [1.54, 1.807) is 0 Å². The van der Waals surface area contributed by atoms with Gasteiger partial charge in [-0.15, -0.1) is 0 Å². The van der Waals surface area contributed by atoms with E-state index in [1.165, 1.54) is 18.5 Å². The van der Waals surface area contributed by atoms with Crippen LogP contribution in [-0.2, 0) is 4.79 Å². The number of hydrogen-bond donors (Lipinski definition) is 1. The van der Waals surface area contributed by atoms with Gasteiger partial charge in [-0.2, -0.15) is 13.2 Å². The fraction of sp³-hybridized carbons (Fsp3) is 0.250. The lowest BCUT2D eigenvalue weighted by Gasteiger charge is -2.19. The summed E-state index contributed by atoms with van der Waals surface area (Å²) in [5.74, 6) is -1.97. The summed E-state index contributed by atoms with van der Waals surface area (Å²) in [6, 6.07) is 1.24. The van der Waals surface area contributed by atoms with Gasteiger partial charge in [-0.25, -0.2) is 0 Å². The quantitative estimate of drug-likeness (QED) is 0.771. The molecular formula is C8H8F3N3O. The molecule has 7 heteroatoms. The van der Waals surface area contributed by atoms with Crippen LogP contribution in [-0.4, -0.2) is 24.1 Å². The maximum Gasteiger partial charge on any atom is 0.471 e. The van der Waals surface area contributed by atoms with E-state index >= 15 is 0 Å². The average molecular weight is 219 g/mol. The Morgan fingerprint density at radius 3 is 2.60 bits per heavy atom. The molecular weight excluding hydrogens is 211 g/mol. The third-order valence-corrected chi connectivity index (χ3v) is 1.74. The summed E-state index contributed by atoms with van der Waals surface area (Å²) in [5.41, 5.74) is 5.37. The number of anilines is 2. The molecule has 1 rings (SSSR count). The third kappa shape index (κ3) is 2.36. The molecule has 1 aromatic heterocycles. The Morgan fingerprint density at radius 2 is 2.13 bits per heavy atom. The smallest absolute Gasteiger partial charge is 0.396 e. The molecule has 0 spiro atoms. The predicted octanol–water partition coefficient (Wildman–Crippen LogP) is 1.19. The number of nitrogen functional groups attached to an aromatic ring is 1. The molecule has 1 aromatic rings. The monoisotopic (exact) mass is 219 g/mol. The number of rotatable bonds is 1. The number of alkyl halides is 3. The number of pyridine rings is 1. The van der Waals surface area contributed by atoms with Crippen LogP contribution >= 0.6 is 0 Å². The number of carbonyl (C=O) groups excluding carboxylic acids is 1. The molecule has 0 radical (unpaired) electrons. The lowest BCUT2D eigenvalue weighted by Crippen LogP contribution is -2.38. The van der Waals surface area contributed by atoms with Gasteiger partial charge in [0.25, 0.3) is 0 Å². The minimum Gasteiger partial charge on any atom is -0.396 e. The van der Waals surface area contributed by atoms with Crippen molar-refractivity contribution in [2.75, 3.05) is 17.7 Å². The maximum absolute atomic E-state index is 12.1. The molecule has 0 saturated heterocycles. The molecule has 1 heterocycles. The van der Waals surface area contributed by atoms with Gasteiger partial charge in [0.2, 0.25) is 0 Å². The molecule has 0 saturated carbocycles. The minimum absolute atomic E-state index is 0.0117. The van der Waals surface area contributed by atoms with Gasteiger partial charge in [0, 0.05) is 13.2 Å². The van der Waals surface area contributed by atoms with Crippen molar-refractivity contribution < 1.29 is 18.0 Å². The average Bonchev–Trinajstić information content (AvgIpc) is 2.15. The summed E-state index contributed by atoms with van der Waals surface area (Å²) in [4.78, 5) is 14.9. The zero-order valence-corrected chi connectivity index (χ0v) is 7.75. The Hall–Kier alpha value is -1.79. The topological polar surface area (TPSA) is 59.2 Å². The second kappa shape index (κ2) is 3.76. The second-order valence-corrected chi connectivity index (χ2v) is 2.80. The molecule has 0 unspecified atom stereocenters. The van der Waals surface area contributed by atoms with E-state index in [0.29, 0.717) is 4.90 Å². The Labute approximate surface area is 83.5 Å². The summed E-state index contributed by atoms with van der Waals surface area (Å²) in [5, 5.41) is 0. The van der Waals surface area contributed by atoms with Crippen LogP contribution in [0.3, 0.4) is 0 Å². The van der Waals surface area contributed by atoms with Gasteiger partial charge >= 0.3 is 12.1 Å². The Morgan fingerprint density at radius 1 is 1.53 bits per heavy atom. The molecule has 2 N–H and O–H groups in total. The fourth-order valence-electron chi connectivity index (χ4n) is 1.00. The highest BCUT2D eigenvalue weighted by Gasteiger charge is 2.42. The zero-order valence-electron chi connectivity index (χ0n) is 7.75. The van der Waals surface area contributed by atoms with Crippen molar-refractivity contribution in [3.8, 4) is 0 Å². The first kappa shape index (κ1) is 11.3. The SMILES string of the molecule is CN(C(=O)C(F)(F)F)c1ccncc1N. The summed E-state index contributed by atoms with van der Waals surface area (Å²) < 4.78 is 36.2. The van der Waals surface area contributed by atoms with E-state index in [9.17, 15) is 18.0 Å². The van der Waals surface area contributed by atoms with E-state index in [-0.39, 0.29) is 11.4 Å². The highest BCUT2D eigenvalue weighted by molar-refractivity contribution is 5.99. The van der Waals surface area contributed by atoms with Crippen molar-refractivity contribution in [3.05, 3.63) is 18.5 Å². The molecule has 1 amide bonds. The molecule has 0 aromatic carbocycles. The first-order chi connectivity index (χ1) is 6.84. The molecule has 4 nitrogen and oxygen atoms in total. The van der Waals surface area contributed by atoms with Crippen LogP contribution in [0.5, 0.6) is 0 Å². The van der Waals surface area contributed by atoms with Crippen LogP contribution in [0.15, 0.2) is 18.5 Å². The summed E-state index contributed by atoms with van der Waals surface area (Å²) in [7, 11) is 1.00. The zero-order chi connectivity index (χ0) is 11.6. The predicted molar refractivity (Wildman–Crippen MR) is 48.1 cm³/mol. The van der Waals surface area contributed by atoms with Crippen molar-refractivity contribution in [2.45, 2.75) is 6.18 Å². The molecule has 0 fully saturated rings. The van der Waals surface area contributed by atoms with Gasteiger partial charge in [0.1, 0.15) is 0 Å². The number of amides is 1. The number of aromatic nitrogens is 1. The Kier molecular flexibility index (Phi) is 2.83. The standard InChI is InChI=1S/C8H8F3N3O/c1-14(7(15)8(9,10)11)6-2-3-13-4-5(6)12/h2-4H,12H2,1H3. The van der Waals surface area contributed by atoms with Crippen LogP contribution in [0, 0.1) is 0 Å². The molecule has 82 valence electrons. The lowest BCUT2D eigenvalue weighted by molar-refractivity contribution is -0.170. The largest absolute Gasteiger partial charge is 0.471 e. The van der Waals surface area contributed by atoms with E-state index in [2.05, 4.69) is 4.98 Å². The maximum atomic E-state index is 12.1. The molecule has 0 aliphatic heterocycles. The van der Waals surface area contributed by atoms with Gasteiger partial charge in [-0.3, -0.25) is 9.78 Å². The van der Waals surface area contributed by atoms with Crippen molar-refractivity contribution >= 4 is 17.3 Å². The van der Waals surface area contributed by atoms with Gasteiger partial charge in [0.15, 0.2) is 0 Å². The van der Waals surface area contributed by atoms with Gasteiger partial charge in [0.05, 0.1) is 17.6 Å². The molecule has 0 aliphatic carbocycles. The van der Waals surface area contributed by atoms with Crippen LogP contribution in [0.1, 0.15) is 0 Å². The van der Waals surface area contributed by atoms with Crippen LogP contribution in [0.25, 0.3) is 0 Å². The molecule has 0 bridgehead atoms. The van der Waals surface area contributed by atoms with Crippen molar-refractivity contribution in [2.24, 2.45) is 0 Å². The highest BCUT2D eigenvalue weighted by Crippen LogP contribution is 2.25. The summed E-state index contributed by atoms with van der Waals surface area (Å²) in [6.45, 7) is 0.